The Morgan fingerprint density at radius 2 is 1.39 bits per heavy atom. The fraction of sp³-hybridized carbons (Fsp3) is 0.938. The van der Waals surface area contributed by atoms with E-state index < -0.39 is 5.60 Å². The number of carbonyl (C=O) groups is 2. The molecule has 0 heterocycles. The van der Waals surface area contributed by atoms with Crippen LogP contribution in [0.15, 0.2) is 0 Å². The van der Waals surface area contributed by atoms with E-state index in [1.807, 2.05) is 0 Å². The summed E-state index contributed by atoms with van der Waals surface area (Å²) in [6.07, 6.45) is 10.9. The molecule has 0 unspecified atom stereocenters. The van der Waals surface area contributed by atoms with E-state index in [9.17, 15) is 14.7 Å². The van der Waals surface area contributed by atoms with E-state index >= 15 is 0 Å². The van der Waals surface area contributed by atoms with E-state index in [2.05, 4.69) is 48.5 Å². The Morgan fingerprint density at radius 3 is 2.06 bits per heavy atom. The highest BCUT2D eigenvalue weighted by molar-refractivity contribution is 5.85. The summed E-state index contributed by atoms with van der Waals surface area (Å²) in [7, 11) is 0. The highest BCUT2D eigenvalue weighted by atomic mass is 16.5. The minimum Gasteiger partial charge on any atom is -0.462 e. The first-order chi connectivity index (χ1) is 16.5. The van der Waals surface area contributed by atoms with Crippen molar-refractivity contribution in [2.45, 2.75) is 138 Å². The number of fused-ring (bicyclic) bond motifs is 6. The normalized spacial score (nSPS) is 51.6. The van der Waals surface area contributed by atoms with Crippen molar-refractivity contribution in [3.8, 4) is 0 Å². The second kappa shape index (κ2) is 8.06. The van der Waals surface area contributed by atoms with Gasteiger partial charge in [0.2, 0.25) is 0 Å². The molecule has 5 aliphatic rings. The predicted molar refractivity (Wildman–Crippen MR) is 142 cm³/mol. The van der Waals surface area contributed by atoms with Crippen LogP contribution in [0, 0.1) is 50.7 Å². The molecule has 4 heteroatoms. The Kier molecular flexibility index (Phi) is 5.97. The molecule has 4 nitrogen and oxygen atoms in total. The van der Waals surface area contributed by atoms with Crippen LogP contribution in [0.25, 0.3) is 0 Å². The fourth-order valence-electron chi connectivity index (χ4n) is 12.0. The average molecular weight is 501 g/mol. The van der Waals surface area contributed by atoms with Crippen LogP contribution in [0.4, 0.5) is 0 Å². The van der Waals surface area contributed by atoms with Gasteiger partial charge in [0.05, 0.1) is 5.60 Å². The van der Waals surface area contributed by atoms with Crippen molar-refractivity contribution < 1.29 is 19.4 Å². The standard InChI is InChI=1S/C32H52O4/c1-20(33)36-26-14-17-30(7)22(28(26,4)5)11-15-29(6)19-32(35)18-12-21-27(2,3)25(34)13-16-31(21,8)24(32)10-9-23(29)30/h21-24,26,35H,9-19H2,1-8H3/t21-,22+,23+,24-,26-,29-,30-,31-,32-/m0/s1. The summed E-state index contributed by atoms with van der Waals surface area (Å²) < 4.78 is 5.87. The lowest BCUT2D eigenvalue weighted by atomic mass is 9.41. The van der Waals surface area contributed by atoms with Gasteiger partial charge in [-0.15, -0.1) is 0 Å². The topological polar surface area (TPSA) is 63.6 Å². The van der Waals surface area contributed by atoms with Gasteiger partial charge in [0.25, 0.3) is 0 Å². The summed E-state index contributed by atoms with van der Waals surface area (Å²) in [5.74, 6) is 1.99. The summed E-state index contributed by atoms with van der Waals surface area (Å²) in [5, 5.41) is 12.5. The van der Waals surface area contributed by atoms with Crippen molar-refractivity contribution in [3.05, 3.63) is 0 Å². The second-order valence-corrected chi connectivity index (χ2v) is 15.9. The van der Waals surface area contributed by atoms with Gasteiger partial charge in [-0.1, -0.05) is 48.5 Å². The molecule has 204 valence electrons. The van der Waals surface area contributed by atoms with Gasteiger partial charge in [-0.25, -0.2) is 0 Å². The van der Waals surface area contributed by atoms with E-state index in [1.165, 1.54) is 6.42 Å². The van der Waals surface area contributed by atoms with Crippen LogP contribution in [0.3, 0.4) is 0 Å². The number of ether oxygens (including phenoxy) is 1. The number of aliphatic hydroxyl groups is 1. The van der Waals surface area contributed by atoms with Crippen molar-refractivity contribution in [2.24, 2.45) is 50.7 Å². The van der Waals surface area contributed by atoms with Gasteiger partial charge in [-0.3, -0.25) is 9.59 Å². The summed E-state index contributed by atoms with van der Waals surface area (Å²) in [5.41, 5.74) is -0.602. The van der Waals surface area contributed by atoms with Crippen molar-refractivity contribution >= 4 is 11.8 Å². The highest BCUT2D eigenvalue weighted by Crippen LogP contribution is 2.71. The first kappa shape index (κ1) is 26.7. The maximum atomic E-state index is 12.9. The Balaban J connectivity index is 1.49. The van der Waals surface area contributed by atoms with E-state index in [0.717, 1.165) is 57.8 Å². The molecule has 0 aromatic carbocycles. The first-order valence-corrected chi connectivity index (χ1v) is 14.9. The van der Waals surface area contributed by atoms with Crippen LogP contribution in [0.5, 0.6) is 0 Å². The third-order valence-electron chi connectivity index (χ3n) is 13.5. The van der Waals surface area contributed by atoms with Gasteiger partial charge in [-0.2, -0.15) is 0 Å². The Morgan fingerprint density at radius 1 is 0.778 bits per heavy atom. The number of Topliss-reactive ketones (excluding diaryl/α,β-unsaturated/α-hetero) is 1. The van der Waals surface area contributed by atoms with Gasteiger partial charge in [-0.05, 0) is 104 Å². The number of hydrogen-bond acceptors (Lipinski definition) is 4. The lowest BCUT2D eigenvalue weighted by Crippen LogP contribution is -2.61. The Hall–Kier alpha value is -0.900. The summed E-state index contributed by atoms with van der Waals surface area (Å²) in [4.78, 5) is 24.8. The molecule has 0 spiro atoms. The van der Waals surface area contributed by atoms with Crippen molar-refractivity contribution in [1.82, 2.24) is 0 Å². The zero-order valence-electron chi connectivity index (χ0n) is 24.3. The van der Waals surface area contributed by atoms with Crippen molar-refractivity contribution in [3.63, 3.8) is 0 Å². The number of rotatable bonds is 1. The smallest absolute Gasteiger partial charge is 0.302 e. The fourth-order valence-corrected chi connectivity index (χ4v) is 12.0. The van der Waals surface area contributed by atoms with Crippen LogP contribution in [0.1, 0.15) is 126 Å². The van der Waals surface area contributed by atoms with E-state index in [1.54, 1.807) is 6.92 Å². The molecule has 5 fully saturated rings. The Labute approximate surface area is 219 Å². The molecule has 5 aliphatic carbocycles. The van der Waals surface area contributed by atoms with Crippen LogP contribution >= 0.6 is 0 Å². The number of ketones is 1. The van der Waals surface area contributed by atoms with Gasteiger partial charge < -0.3 is 9.84 Å². The van der Waals surface area contributed by atoms with Gasteiger partial charge in [0.15, 0.2) is 0 Å². The zero-order chi connectivity index (χ0) is 26.5. The molecule has 5 saturated carbocycles. The summed E-state index contributed by atoms with van der Waals surface area (Å²) in [6, 6.07) is 0. The molecule has 36 heavy (non-hydrogen) atoms. The highest BCUT2D eigenvalue weighted by Gasteiger charge is 2.67. The molecule has 0 aromatic heterocycles. The van der Waals surface area contributed by atoms with Crippen molar-refractivity contribution in [1.29, 1.82) is 0 Å². The van der Waals surface area contributed by atoms with E-state index in [4.69, 9.17) is 4.74 Å². The molecular formula is C32H52O4. The minimum absolute atomic E-state index is 0.00310. The second-order valence-electron chi connectivity index (χ2n) is 15.9. The average Bonchev–Trinajstić information content (AvgIpc) is 2.87. The largest absolute Gasteiger partial charge is 0.462 e. The van der Waals surface area contributed by atoms with E-state index in [0.29, 0.717) is 30.0 Å². The molecule has 0 bridgehead atoms. The minimum atomic E-state index is -0.626. The molecule has 9 atom stereocenters. The third-order valence-corrected chi connectivity index (χ3v) is 13.5. The number of esters is 1. The van der Waals surface area contributed by atoms with E-state index in [-0.39, 0.29) is 45.1 Å². The zero-order valence-corrected chi connectivity index (χ0v) is 24.3. The molecule has 0 saturated heterocycles. The Bertz CT molecular complexity index is 936. The van der Waals surface area contributed by atoms with Crippen LogP contribution in [-0.4, -0.2) is 28.6 Å². The predicted octanol–water partition coefficient (Wildman–Crippen LogP) is 7.11. The first-order valence-electron chi connectivity index (χ1n) is 14.9. The molecule has 5 rings (SSSR count). The van der Waals surface area contributed by atoms with Gasteiger partial charge in [0, 0.05) is 24.2 Å². The quantitative estimate of drug-likeness (QED) is 0.390. The molecular weight excluding hydrogens is 448 g/mol. The SMILES string of the molecule is CC(=O)O[C@H]1CC[C@@]2(C)[C@H](CC[C@@]3(C)C[C@@]4(O)CC[C@H]5C(C)(C)C(=O)CC[C@]5(C)[C@@H]4CC[C@H]32)C1(C)C. The summed E-state index contributed by atoms with van der Waals surface area (Å²) >= 11 is 0. The molecule has 1 N–H and O–H groups in total. The van der Waals surface area contributed by atoms with Crippen LogP contribution in [0.2, 0.25) is 0 Å². The lowest BCUT2D eigenvalue weighted by Gasteiger charge is -2.64. The van der Waals surface area contributed by atoms with Gasteiger partial charge in [0.1, 0.15) is 11.9 Å². The third kappa shape index (κ3) is 3.54. The van der Waals surface area contributed by atoms with Gasteiger partial charge >= 0.3 is 5.97 Å². The molecule has 0 aromatic rings. The lowest BCUT2D eigenvalue weighted by molar-refractivity contribution is -0.204. The number of carbonyl (C=O) groups excluding carboxylic acids is 2. The number of hydrogen-bond donors (Lipinski definition) is 1. The maximum absolute atomic E-state index is 12.9. The molecule has 0 amide bonds. The summed E-state index contributed by atoms with van der Waals surface area (Å²) in [6.45, 7) is 18.0. The van der Waals surface area contributed by atoms with Crippen molar-refractivity contribution in [2.75, 3.05) is 0 Å². The molecule has 0 radical (unpaired) electrons. The van der Waals surface area contributed by atoms with Crippen LogP contribution in [-0.2, 0) is 14.3 Å². The molecule has 0 aliphatic heterocycles. The monoisotopic (exact) mass is 500 g/mol. The van der Waals surface area contributed by atoms with Crippen LogP contribution < -0.4 is 0 Å². The maximum Gasteiger partial charge on any atom is 0.302 e.